The summed E-state index contributed by atoms with van der Waals surface area (Å²) in [5.74, 6) is -1.05. The Morgan fingerprint density at radius 3 is 2.50 bits per heavy atom. The number of aromatic nitrogens is 1. The van der Waals surface area contributed by atoms with Crippen LogP contribution in [0.1, 0.15) is 10.4 Å². The molecule has 0 spiro atoms. The predicted molar refractivity (Wildman–Crippen MR) is 104 cm³/mol. The molecule has 28 heavy (non-hydrogen) atoms. The molecule has 1 N–H and O–H groups in total. The van der Waals surface area contributed by atoms with Gasteiger partial charge in [0.25, 0.3) is 5.91 Å². The molecule has 10 heteroatoms. The fourth-order valence-corrected chi connectivity index (χ4v) is 5.47. The molecule has 0 bridgehead atoms. The number of carbonyl (C=O) groups excluding carboxylic acids is 1. The monoisotopic (exact) mass is 421 g/mol. The molecule has 7 nitrogen and oxygen atoms in total. The maximum atomic E-state index is 13.8. The molecule has 1 aliphatic rings. The van der Waals surface area contributed by atoms with Crippen molar-refractivity contribution in [3.05, 3.63) is 63.5 Å². The van der Waals surface area contributed by atoms with E-state index in [1.54, 1.807) is 12.1 Å². The zero-order chi connectivity index (χ0) is 19.9. The summed E-state index contributed by atoms with van der Waals surface area (Å²) >= 11 is 0.950. The van der Waals surface area contributed by atoms with E-state index in [1.165, 1.54) is 39.5 Å². The highest BCUT2D eigenvalue weighted by Gasteiger charge is 2.31. The highest BCUT2D eigenvalue weighted by Crippen LogP contribution is 2.23. The molecule has 4 rings (SSSR count). The number of amides is 1. The molecule has 0 saturated carbocycles. The molecule has 0 aliphatic carbocycles. The van der Waals surface area contributed by atoms with E-state index in [4.69, 9.17) is 0 Å². The lowest BCUT2D eigenvalue weighted by molar-refractivity contribution is 0.0693. The number of hydrogen-bond donors (Lipinski definition) is 1. The van der Waals surface area contributed by atoms with Gasteiger partial charge in [-0.05, 0) is 30.3 Å². The summed E-state index contributed by atoms with van der Waals surface area (Å²) in [5, 5.41) is 0. The lowest BCUT2D eigenvalue weighted by Crippen LogP contribution is -2.50. The zero-order valence-electron chi connectivity index (χ0n) is 14.6. The number of aromatic amines is 1. The van der Waals surface area contributed by atoms with E-state index < -0.39 is 21.7 Å². The Labute approximate surface area is 164 Å². The molecule has 1 aromatic heterocycles. The second kappa shape index (κ2) is 7.12. The summed E-state index contributed by atoms with van der Waals surface area (Å²) in [6, 6.07) is 10.2. The Bertz CT molecular complexity index is 1210. The summed E-state index contributed by atoms with van der Waals surface area (Å²) < 4.78 is 41.5. The van der Waals surface area contributed by atoms with Gasteiger partial charge < -0.3 is 9.88 Å². The van der Waals surface area contributed by atoms with Crippen molar-refractivity contribution in [2.24, 2.45) is 0 Å². The first-order valence-corrected chi connectivity index (χ1v) is 10.8. The average molecular weight is 421 g/mol. The normalized spacial score (nSPS) is 15.8. The topological polar surface area (TPSA) is 90.6 Å². The molecule has 146 valence electrons. The molecule has 0 atom stereocenters. The van der Waals surface area contributed by atoms with Crippen LogP contribution in [0.2, 0.25) is 0 Å². The second-order valence-corrected chi connectivity index (χ2v) is 9.30. The molecular formula is C18H16FN3O4S2. The molecule has 2 aromatic carbocycles. The van der Waals surface area contributed by atoms with Gasteiger partial charge in [-0.15, -0.1) is 0 Å². The molecule has 0 unspecified atom stereocenters. The van der Waals surface area contributed by atoms with Gasteiger partial charge in [0.1, 0.15) is 5.82 Å². The van der Waals surface area contributed by atoms with E-state index >= 15 is 0 Å². The lowest BCUT2D eigenvalue weighted by atomic mass is 10.1. The minimum Gasteiger partial charge on any atom is -0.336 e. The fraction of sp³-hybridized carbons (Fsp3) is 0.222. The molecule has 0 radical (unpaired) electrons. The predicted octanol–water partition coefficient (Wildman–Crippen LogP) is 1.88. The standard InChI is InChI=1S/C18H16FN3O4S2/c19-14-4-2-1-3-13(14)17(23)21-7-9-22(10-8-21)28(25,26)12-5-6-15-16(11-12)27-18(24)20-15/h1-6,11H,7-10H2,(H,20,24). The minimum atomic E-state index is -3.75. The Hall–Kier alpha value is -2.56. The van der Waals surface area contributed by atoms with Crippen LogP contribution in [-0.2, 0) is 10.0 Å². The van der Waals surface area contributed by atoms with Crippen LogP contribution in [0.3, 0.4) is 0 Å². The van der Waals surface area contributed by atoms with E-state index in [-0.39, 0.29) is 41.5 Å². The number of H-pyrrole nitrogens is 1. The number of nitrogens with one attached hydrogen (secondary N) is 1. The lowest BCUT2D eigenvalue weighted by Gasteiger charge is -2.34. The molecular weight excluding hydrogens is 405 g/mol. The van der Waals surface area contributed by atoms with Gasteiger partial charge in [0.2, 0.25) is 10.0 Å². The Kier molecular flexibility index (Phi) is 4.77. The van der Waals surface area contributed by atoms with Crippen LogP contribution in [0.25, 0.3) is 10.2 Å². The summed E-state index contributed by atoms with van der Waals surface area (Å²) in [6.45, 7) is 0.576. The SMILES string of the molecule is O=C(c1ccccc1F)N1CCN(S(=O)(=O)c2ccc3[nH]c(=O)sc3c2)CC1. The first-order valence-electron chi connectivity index (χ1n) is 8.53. The number of nitrogens with zero attached hydrogens (tertiary/aromatic N) is 2. The Morgan fingerprint density at radius 1 is 1.07 bits per heavy atom. The van der Waals surface area contributed by atoms with E-state index in [1.807, 2.05) is 0 Å². The van der Waals surface area contributed by atoms with Crippen molar-refractivity contribution >= 4 is 37.5 Å². The number of halogens is 1. The molecule has 3 aromatic rings. The summed E-state index contributed by atoms with van der Waals surface area (Å²) in [7, 11) is -3.75. The number of carbonyl (C=O) groups is 1. The number of fused-ring (bicyclic) bond motifs is 1. The largest absolute Gasteiger partial charge is 0.336 e. The van der Waals surface area contributed by atoms with Crippen LogP contribution in [0.5, 0.6) is 0 Å². The zero-order valence-corrected chi connectivity index (χ0v) is 16.2. The number of hydrogen-bond acceptors (Lipinski definition) is 5. The fourth-order valence-electron chi connectivity index (χ4n) is 3.17. The van der Waals surface area contributed by atoms with E-state index in [0.717, 1.165) is 11.3 Å². The Balaban J connectivity index is 1.51. The number of benzene rings is 2. The van der Waals surface area contributed by atoms with Crippen molar-refractivity contribution < 1.29 is 17.6 Å². The Morgan fingerprint density at radius 2 is 1.79 bits per heavy atom. The van der Waals surface area contributed by atoms with Crippen LogP contribution >= 0.6 is 11.3 Å². The van der Waals surface area contributed by atoms with Crippen LogP contribution in [0, 0.1) is 5.82 Å². The number of piperazine rings is 1. The summed E-state index contributed by atoms with van der Waals surface area (Å²) in [4.78, 5) is 27.9. The highest BCUT2D eigenvalue weighted by atomic mass is 32.2. The maximum Gasteiger partial charge on any atom is 0.305 e. The van der Waals surface area contributed by atoms with Gasteiger partial charge in [0.05, 0.1) is 20.7 Å². The van der Waals surface area contributed by atoms with Crippen molar-refractivity contribution in [1.82, 2.24) is 14.2 Å². The minimum absolute atomic E-state index is 0.0216. The first kappa shape index (κ1) is 18.8. The quantitative estimate of drug-likeness (QED) is 0.699. The molecule has 1 fully saturated rings. The van der Waals surface area contributed by atoms with Gasteiger partial charge in [0.15, 0.2) is 0 Å². The van der Waals surface area contributed by atoms with Gasteiger partial charge in [-0.2, -0.15) is 4.31 Å². The average Bonchev–Trinajstić information content (AvgIpc) is 3.07. The van der Waals surface area contributed by atoms with Crippen LogP contribution in [0.4, 0.5) is 4.39 Å². The molecule has 1 amide bonds. The summed E-state index contributed by atoms with van der Waals surface area (Å²) in [6.07, 6.45) is 0. The summed E-state index contributed by atoms with van der Waals surface area (Å²) in [5.41, 5.74) is 0.570. The smallest absolute Gasteiger partial charge is 0.305 e. The first-order chi connectivity index (χ1) is 13.4. The van der Waals surface area contributed by atoms with Gasteiger partial charge in [0, 0.05) is 26.2 Å². The van der Waals surface area contributed by atoms with Crippen molar-refractivity contribution in [3.63, 3.8) is 0 Å². The number of rotatable bonds is 3. The molecule has 2 heterocycles. The van der Waals surface area contributed by atoms with Crippen molar-refractivity contribution in [3.8, 4) is 0 Å². The molecule has 1 aliphatic heterocycles. The van der Waals surface area contributed by atoms with Crippen molar-refractivity contribution in [2.75, 3.05) is 26.2 Å². The van der Waals surface area contributed by atoms with E-state index in [9.17, 15) is 22.4 Å². The van der Waals surface area contributed by atoms with Crippen molar-refractivity contribution in [2.45, 2.75) is 4.90 Å². The van der Waals surface area contributed by atoms with Crippen molar-refractivity contribution in [1.29, 1.82) is 0 Å². The third-order valence-corrected chi connectivity index (χ3v) is 7.40. The third-order valence-electron chi connectivity index (χ3n) is 4.66. The van der Waals surface area contributed by atoms with Gasteiger partial charge in [-0.3, -0.25) is 9.59 Å². The van der Waals surface area contributed by atoms with Crippen LogP contribution in [-0.4, -0.2) is 54.7 Å². The van der Waals surface area contributed by atoms with E-state index in [0.29, 0.717) is 10.2 Å². The van der Waals surface area contributed by atoms with Gasteiger partial charge in [-0.25, -0.2) is 12.8 Å². The van der Waals surface area contributed by atoms with Gasteiger partial charge in [-0.1, -0.05) is 23.5 Å². The molecule has 1 saturated heterocycles. The maximum absolute atomic E-state index is 13.8. The highest BCUT2D eigenvalue weighted by molar-refractivity contribution is 7.89. The third kappa shape index (κ3) is 3.34. The van der Waals surface area contributed by atoms with Gasteiger partial charge >= 0.3 is 4.87 Å². The van der Waals surface area contributed by atoms with Crippen LogP contribution in [0.15, 0.2) is 52.2 Å². The second-order valence-electron chi connectivity index (χ2n) is 6.35. The number of sulfonamides is 1. The van der Waals surface area contributed by atoms with E-state index in [2.05, 4.69) is 4.98 Å². The van der Waals surface area contributed by atoms with Crippen LogP contribution < -0.4 is 4.87 Å². The number of thiazole rings is 1.